The smallest absolute Gasteiger partial charge is 0.393 e. The minimum atomic E-state index is -5.15. The number of allylic oxidation sites excluding steroid dienone is 9. The molecule has 1 saturated carbocycles. The number of aliphatic hydroxyl groups excluding tert-OH is 7. The molecule has 9 N–H and O–H groups in total. The van der Waals surface area contributed by atoms with Gasteiger partial charge in [-0.25, -0.2) is 4.57 Å². The molecule has 1 aliphatic rings. The molecule has 0 radical (unpaired) electrons. The Morgan fingerprint density at radius 1 is 0.673 bits per heavy atom. The minimum Gasteiger partial charge on any atom is -0.393 e. The average Bonchev–Trinajstić information content (AvgIpc) is 3.15. The molecule has 13 nitrogen and oxygen atoms in total. The van der Waals surface area contributed by atoms with Crippen LogP contribution in [0.2, 0.25) is 0 Å². The van der Waals surface area contributed by atoms with E-state index >= 15 is 0 Å². The summed E-state index contributed by atoms with van der Waals surface area (Å²) in [5, 5.41) is 74.0. The standard InChI is InChI=1S/C41H72NO12P/c1-3-5-7-9-11-13-15-16-17-18-19-20-22-24-26-28-32(43)30-35(45)42-33(34(44)29-27-25-23-21-14-12-10-8-6-4-2)31-53-55(51,52)54-41-39(49)37(47)36(46)38(48)40(41)50/h6,8,11,13-14,16-17,21,27,29,32-34,36-41,43-44,46-50H,3-5,7,9-10,12,15,18-20,22-26,28,30-31H2,1-2H3,(H,42,45)(H,51,52)/b8-6+,13-11-,17-16-,21-14+,29-27+. The summed E-state index contributed by atoms with van der Waals surface area (Å²) in [5.74, 6) is -0.622. The topological polar surface area (TPSA) is 226 Å². The van der Waals surface area contributed by atoms with Crippen LogP contribution in [0.3, 0.4) is 0 Å². The molecule has 0 aromatic rings. The predicted molar refractivity (Wildman–Crippen MR) is 215 cm³/mol. The number of hydrogen-bond acceptors (Lipinski definition) is 11. The molecule has 55 heavy (non-hydrogen) atoms. The fourth-order valence-electron chi connectivity index (χ4n) is 5.95. The molecule has 1 fully saturated rings. The van der Waals surface area contributed by atoms with Crippen molar-refractivity contribution in [1.29, 1.82) is 0 Å². The van der Waals surface area contributed by atoms with Gasteiger partial charge in [-0.1, -0.05) is 113 Å². The number of rotatable bonds is 31. The van der Waals surface area contributed by atoms with Crippen LogP contribution in [0.25, 0.3) is 0 Å². The summed E-state index contributed by atoms with van der Waals surface area (Å²) < 4.78 is 22.7. The minimum absolute atomic E-state index is 0.269. The van der Waals surface area contributed by atoms with E-state index in [1.807, 2.05) is 6.08 Å². The Morgan fingerprint density at radius 3 is 1.78 bits per heavy atom. The van der Waals surface area contributed by atoms with E-state index in [1.165, 1.54) is 25.3 Å². The van der Waals surface area contributed by atoms with E-state index in [0.717, 1.165) is 70.6 Å². The number of carbonyl (C=O) groups is 1. The summed E-state index contributed by atoms with van der Waals surface area (Å²) in [4.78, 5) is 23.3. The number of nitrogens with one attached hydrogen (secondary N) is 1. The van der Waals surface area contributed by atoms with Crippen molar-refractivity contribution in [2.45, 2.75) is 184 Å². The van der Waals surface area contributed by atoms with Crippen molar-refractivity contribution in [3.8, 4) is 0 Å². The van der Waals surface area contributed by atoms with Crippen LogP contribution in [0, 0.1) is 0 Å². The van der Waals surface area contributed by atoms with E-state index in [1.54, 1.807) is 6.08 Å². The fraction of sp³-hybridized carbons (Fsp3) is 0.732. The molecular formula is C41H72NO12P. The highest BCUT2D eigenvalue weighted by atomic mass is 31.2. The molecule has 318 valence electrons. The number of phosphoric acid groups is 1. The second-order valence-corrected chi connectivity index (χ2v) is 15.7. The molecule has 0 heterocycles. The lowest BCUT2D eigenvalue weighted by molar-refractivity contribution is -0.220. The molecule has 0 aromatic heterocycles. The zero-order valence-electron chi connectivity index (χ0n) is 33.1. The second kappa shape index (κ2) is 31.0. The summed E-state index contributed by atoms with van der Waals surface area (Å²) in [6, 6.07) is -1.27. The molecule has 0 bridgehead atoms. The van der Waals surface area contributed by atoms with Crippen molar-refractivity contribution in [1.82, 2.24) is 5.32 Å². The Balaban J connectivity index is 2.63. The Labute approximate surface area is 329 Å². The first kappa shape index (κ1) is 51.0. The molecule has 0 spiro atoms. The largest absolute Gasteiger partial charge is 0.472 e. The highest BCUT2D eigenvalue weighted by Gasteiger charge is 2.51. The first-order valence-corrected chi connectivity index (χ1v) is 21.8. The summed E-state index contributed by atoms with van der Waals surface area (Å²) >= 11 is 0. The van der Waals surface area contributed by atoms with E-state index in [2.05, 4.69) is 61.7 Å². The quantitative estimate of drug-likeness (QED) is 0.0246. The summed E-state index contributed by atoms with van der Waals surface area (Å²) in [6.07, 6.45) is 22.0. The van der Waals surface area contributed by atoms with E-state index in [0.29, 0.717) is 19.3 Å². The lowest BCUT2D eigenvalue weighted by Crippen LogP contribution is -2.64. The maximum absolute atomic E-state index is 12.9. The van der Waals surface area contributed by atoms with Gasteiger partial charge in [0.1, 0.15) is 36.6 Å². The van der Waals surface area contributed by atoms with Crippen molar-refractivity contribution >= 4 is 13.7 Å². The van der Waals surface area contributed by atoms with Gasteiger partial charge in [0.2, 0.25) is 5.91 Å². The van der Waals surface area contributed by atoms with E-state index in [4.69, 9.17) is 9.05 Å². The molecule has 0 aromatic carbocycles. The molecule has 1 aliphatic carbocycles. The molecule has 8 atom stereocenters. The zero-order chi connectivity index (χ0) is 40.9. The number of hydrogen-bond donors (Lipinski definition) is 9. The molecule has 8 unspecified atom stereocenters. The Kier molecular flexibility index (Phi) is 28.8. The van der Waals surface area contributed by atoms with Crippen LogP contribution in [-0.4, -0.2) is 108 Å². The van der Waals surface area contributed by atoms with Crippen LogP contribution in [-0.2, 0) is 18.4 Å². The van der Waals surface area contributed by atoms with E-state index < -0.39 is 75.2 Å². The van der Waals surface area contributed by atoms with Crippen molar-refractivity contribution in [2.75, 3.05) is 6.61 Å². The fourth-order valence-corrected chi connectivity index (χ4v) is 6.92. The summed E-state index contributed by atoms with van der Waals surface area (Å²) in [6.45, 7) is 3.52. The van der Waals surface area contributed by atoms with Crippen molar-refractivity contribution in [2.24, 2.45) is 0 Å². The van der Waals surface area contributed by atoms with Crippen molar-refractivity contribution < 1.29 is 59.0 Å². The van der Waals surface area contributed by atoms with Crippen LogP contribution in [0.5, 0.6) is 0 Å². The third-order valence-corrected chi connectivity index (χ3v) is 10.3. The first-order chi connectivity index (χ1) is 26.3. The summed E-state index contributed by atoms with van der Waals surface area (Å²) in [7, 11) is -5.15. The Hall–Kier alpha value is -2.00. The first-order valence-electron chi connectivity index (χ1n) is 20.3. The van der Waals surface area contributed by atoms with Gasteiger partial charge >= 0.3 is 7.82 Å². The molecular weight excluding hydrogens is 729 g/mol. The molecule has 1 rings (SSSR count). The highest BCUT2D eigenvalue weighted by molar-refractivity contribution is 7.47. The number of carbonyl (C=O) groups excluding carboxylic acids is 1. The predicted octanol–water partition coefficient (Wildman–Crippen LogP) is 5.36. The number of aliphatic hydroxyl groups is 7. The van der Waals surface area contributed by atoms with Gasteiger partial charge in [-0.2, -0.15) is 0 Å². The normalized spacial score (nSPS) is 25.1. The maximum atomic E-state index is 12.9. The van der Waals surface area contributed by atoms with E-state index in [9.17, 15) is 50.0 Å². The number of phosphoric ester groups is 1. The van der Waals surface area contributed by atoms with Crippen LogP contribution in [0.4, 0.5) is 0 Å². The third kappa shape index (κ3) is 23.7. The number of amides is 1. The van der Waals surface area contributed by atoms with E-state index in [-0.39, 0.29) is 6.42 Å². The monoisotopic (exact) mass is 801 g/mol. The maximum Gasteiger partial charge on any atom is 0.472 e. The lowest BCUT2D eigenvalue weighted by atomic mass is 9.85. The Bertz CT molecular complexity index is 1180. The van der Waals surface area contributed by atoms with Gasteiger partial charge in [-0.15, -0.1) is 0 Å². The van der Waals surface area contributed by atoms with Crippen molar-refractivity contribution in [3.05, 3.63) is 60.8 Å². The van der Waals surface area contributed by atoms with Gasteiger partial charge in [-0.3, -0.25) is 13.8 Å². The Morgan fingerprint density at radius 2 is 1.18 bits per heavy atom. The van der Waals surface area contributed by atoms with Crippen LogP contribution in [0.15, 0.2) is 60.8 Å². The third-order valence-electron chi connectivity index (χ3n) is 9.31. The highest BCUT2D eigenvalue weighted by Crippen LogP contribution is 2.47. The molecule has 14 heteroatoms. The van der Waals surface area contributed by atoms with Gasteiger partial charge in [-0.05, 0) is 70.6 Å². The van der Waals surface area contributed by atoms with Crippen LogP contribution in [0.1, 0.15) is 129 Å². The molecule has 1 amide bonds. The van der Waals surface area contributed by atoms with Gasteiger partial charge < -0.3 is 46.0 Å². The SMILES string of the molecule is CC/C=C/CC/C=C/CC/C=C/C(O)C(COP(=O)(O)OC1C(O)C(O)C(O)C(O)C1O)NC(=O)CC(O)CCCCCCC/C=C\C/C=C\CCCCC. The second-order valence-electron chi connectivity index (χ2n) is 14.3. The lowest BCUT2D eigenvalue weighted by Gasteiger charge is -2.41. The molecule has 0 aliphatic heterocycles. The number of unbranched alkanes of at least 4 members (excludes halogenated alkanes) is 10. The van der Waals surface area contributed by atoms with Crippen LogP contribution < -0.4 is 5.32 Å². The summed E-state index contributed by atoms with van der Waals surface area (Å²) in [5.41, 5.74) is 0. The zero-order valence-corrected chi connectivity index (χ0v) is 34.0. The van der Waals surface area contributed by atoms with Gasteiger partial charge in [0, 0.05) is 0 Å². The van der Waals surface area contributed by atoms with Gasteiger partial charge in [0.05, 0.1) is 31.3 Å². The van der Waals surface area contributed by atoms with Gasteiger partial charge in [0.25, 0.3) is 0 Å². The molecule has 0 saturated heterocycles. The van der Waals surface area contributed by atoms with Crippen molar-refractivity contribution in [3.63, 3.8) is 0 Å². The van der Waals surface area contributed by atoms with Gasteiger partial charge in [0.15, 0.2) is 0 Å². The average molecular weight is 802 g/mol. The van der Waals surface area contributed by atoms with Crippen LogP contribution >= 0.6 is 7.82 Å².